The normalized spacial score (nSPS) is 13.5. The van der Waals surface area contributed by atoms with Crippen LogP contribution in [0.1, 0.15) is 9.60 Å². The molecule has 0 unspecified atom stereocenters. The predicted molar refractivity (Wildman–Crippen MR) is 218 cm³/mol. The number of hydrogen-bond acceptors (Lipinski definition) is 3. The smallest absolute Gasteiger partial charge is 0.136 e. The Morgan fingerprint density at radius 3 is 1.82 bits per heavy atom. The van der Waals surface area contributed by atoms with Crippen LogP contribution in [0.5, 0.6) is 0 Å². The van der Waals surface area contributed by atoms with E-state index in [1.165, 1.54) is 10.1 Å². The Kier molecular flexibility index (Phi) is 5.50. The van der Waals surface area contributed by atoms with Gasteiger partial charge in [-0.05, 0) is 70.2 Å². The Morgan fingerprint density at radius 2 is 1.06 bits per heavy atom. The molecule has 0 aliphatic heterocycles. The minimum Gasteiger partial charge on any atom is -0.456 e. The summed E-state index contributed by atoms with van der Waals surface area (Å²) in [4.78, 5) is 2.27. The van der Waals surface area contributed by atoms with Crippen LogP contribution < -0.4 is 4.90 Å². The molecule has 0 amide bonds. The van der Waals surface area contributed by atoms with Crippen LogP contribution in [-0.4, -0.2) is 0 Å². The van der Waals surface area contributed by atoms with Crippen molar-refractivity contribution in [3.05, 3.63) is 188 Å². The lowest BCUT2D eigenvalue weighted by atomic mass is 9.97. The third kappa shape index (κ3) is 5.01. The van der Waals surface area contributed by atoms with Gasteiger partial charge in [-0.3, -0.25) is 0 Å². The first-order valence-corrected chi connectivity index (χ1v) is 17.5. The quantitative estimate of drug-likeness (QED) is 0.174. The Bertz CT molecular complexity index is 3240. The van der Waals surface area contributed by atoms with E-state index in [2.05, 4.69) is 89.8 Å². The summed E-state index contributed by atoms with van der Waals surface area (Å²) in [5, 5.41) is 2.63. The molecule has 10 aromatic rings. The second-order valence-electron chi connectivity index (χ2n) is 12.4. The molecule has 8 aromatic carbocycles. The first-order chi connectivity index (χ1) is 28.2. The number of hydrogen-bond donors (Lipinski definition) is 0. The average molecular weight is 677 g/mol. The Hall–Kier alpha value is -6.42. The van der Waals surface area contributed by atoms with Crippen LogP contribution in [0.4, 0.5) is 17.1 Å². The predicted octanol–water partition coefficient (Wildman–Crippen LogP) is 14.4. The van der Waals surface area contributed by atoms with E-state index in [9.17, 15) is 0 Å². The zero-order chi connectivity index (χ0) is 39.8. The summed E-state index contributed by atoms with van der Waals surface area (Å²) < 4.78 is 68.8. The van der Waals surface area contributed by atoms with Crippen molar-refractivity contribution < 1.29 is 14.0 Å². The number of thiophene rings is 1. The van der Waals surface area contributed by atoms with Crippen LogP contribution in [0.15, 0.2) is 192 Å². The van der Waals surface area contributed by atoms with E-state index >= 15 is 0 Å². The molecule has 240 valence electrons. The SMILES string of the molecule is [2H]c1c([2H])c([2H])c2c(oc3c([2H])c([2H])c([2H])c(-c4ccc(N(c5ccc(-c6ccccc6)cc5)c5c(-c6ccccc6)ccc6c5sc5ccccc56)cc4)c32)c1[2H]. The molecule has 0 aliphatic carbocycles. The van der Waals surface area contributed by atoms with Crippen molar-refractivity contribution in [1.29, 1.82) is 0 Å². The molecule has 2 aromatic heterocycles. The van der Waals surface area contributed by atoms with E-state index in [0.29, 0.717) is 5.56 Å². The lowest BCUT2D eigenvalue weighted by molar-refractivity contribution is 0.669. The van der Waals surface area contributed by atoms with Crippen molar-refractivity contribution in [2.24, 2.45) is 0 Å². The monoisotopic (exact) mass is 676 g/mol. The maximum absolute atomic E-state index is 9.10. The van der Waals surface area contributed by atoms with Crippen LogP contribution in [0.3, 0.4) is 0 Å². The van der Waals surface area contributed by atoms with Gasteiger partial charge in [-0.2, -0.15) is 0 Å². The molecule has 0 spiro atoms. The molecule has 0 fully saturated rings. The maximum atomic E-state index is 9.10. The van der Waals surface area contributed by atoms with Crippen molar-refractivity contribution in [3.63, 3.8) is 0 Å². The van der Waals surface area contributed by atoms with Gasteiger partial charge in [0.25, 0.3) is 0 Å². The number of para-hydroxylation sites is 1. The number of nitrogens with zero attached hydrogens (tertiary/aromatic N) is 1. The minimum absolute atomic E-state index is 0.0499. The van der Waals surface area contributed by atoms with Crippen LogP contribution in [0, 0.1) is 0 Å². The second kappa shape index (κ2) is 12.2. The van der Waals surface area contributed by atoms with Crippen molar-refractivity contribution in [2.75, 3.05) is 4.90 Å². The molecule has 0 saturated carbocycles. The molecule has 0 radical (unpaired) electrons. The lowest BCUT2D eigenvalue weighted by Crippen LogP contribution is -2.11. The van der Waals surface area contributed by atoms with E-state index in [0.717, 1.165) is 49.4 Å². The maximum Gasteiger partial charge on any atom is 0.136 e. The summed E-state index contributed by atoms with van der Waals surface area (Å²) in [7, 11) is 0. The van der Waals surface area contributed by atoms with E-state index in [1.807, 2.05) is 60.7 Å². The summed E-state index contributed by atoms with van der Waals surface area (Å²) in [6, 6.07) is 47.2. The first kappa shape index (κ1) is 23.1. The highest BCUT2D eigenvalue weighted by Crippen LogP contribution is 2.50. The van der Waals surface area contributed by atoms with Crippen molar-refractivity contribution in [2.45, 2.75) is 0 Å². The van der Waals surface area contributed by atoms with Gasteiger partial charge in [-0.25, -0.2) is 0 Å². The topological polar surface area (TPSA) is 16.4 Å². The van der Waals surface area contributed by atoms with Gasteiger partial charge in [0, 0.05) is 43.2 Å². The molecular weight excluding hydrogens is 639 g/mol. The molecule has 0 saturated heterocycles. The number of fused-ring (bicyclic) bond motifs is 6. The Balaban J connectivity index is 1.23. The largest absolute Gasteiger partial charge is 0.456 e. The minimum atomic E-state index is -0.452. The van der Waals surface area contributed by atoms with Gasteiger partial charge in [0.15, 0.2) is 0 Å². The van der Waals surface area contributed by atoms with Crippen LogP contribution >= 0.6 is 11.3 Å². The molecule has 10 rings (SSSR count). The fourth-order valence-electron chi connectivity index (χ4n) is 7.04. The zero-order valence-corrected chi connectivity index (χ0v) is 27.9. The number of benzene rings is 8. The Labute approximate surface area is 309 Å². The lowest BCUT2D eigenvalue weighted by Gasteiger charge is -2.29. The van der Waals surface area contributed by atoms with Gasteiger partial charge in [-0.1, -0.05) is 145 Å². The summed E-state index contributed by atoms with van der Waals surface area (Å²) in [5.74, 6) is 0. The van der Waals surface area contributed by atoms with E-state index in [4.69, 9.17) is 14.0 Å². The summed E-state index contributed by atoms with van der Waals surface area (Å²) >= 11 is 1.75. The molecule has 2 nitrogen and oxygen atoms in total. The molecular formula is C48H31NOS. The summed E-state index contributed by atoms with van der Waals surface area (Å²) in [6.07, 6.45) is 0. The molecule has 51 heavy (non-hydrogen) atoms. The van der Waals surface area contributed by atoms with Gasteiger partial charge in [0.2, 0.25) is 0 Å². The van der Waals surface area contributed by atoms with E-state index < -0.39 is 12.1 Å². The summed E-state index contributed by atoms with van der Waals surface area (Å²) in [6.45, 7) is 0. The van der Waals surface area contributed by atoms with Crippen LogP contribution in [-0.2, 0) is 0 Å². The van der Waals surface area contributed by atoms with Crippen LogP contribution in [0.25, 0.3) is 75.5 Å². The van der Waals surface area contributed by atoms with Crippen LogP contribution in [0.2, 0.25) is 0 Å². The molecule has 0 bridgehead atoms. The summed E-state index contributed by atoms with van der Waals surface area (Å²) in [5.41, 5.74) is 7.76. The van der Waals surface area contributed by atoms with Gasteiger partial charge in [-0.15, -0.1) is 11.3 Å². The average Bonchev–Trinajstić information content (AvgIpc) is 3.86. The van der Waals surface area contributed by atoms with Gasteiger partial charge < -0.3 is 9.32 Å². The third-order valence-corrected chi connectivity index (χ3v) is 10.6. The fraction of sp³-hybridized carbons (Fsp3) is 0. The first-order valence-electron chi connectivity index (χ1n) is 20.2. The number of rotatable bonds is 6. The second-order valence-corrected chi connectivity index (χ2v) is 13.4. The highest BCUT2D eigenvalue weighted by molar-refractivity contribution is 7.26. The van der Waals surface area contributed by atoms with E-state index in [-0.39, 0.29) is 57.7 Å². The number of furan rings is 1. The van der Waals surface area contributed by atoms with Crippen molar-refractivity contribution in [1.82, 2.24) is 0 Å². The zero-order valence-electron chi connectivity index (χ0n) is 34.1. The van der Waals surface area contributed by atoms with Gasteiger partial charge in [0.1, 0.15) is 11.2 Å². The molecule has 0 N–H and O–H groups in total. The molecule has 2 heterocycles. The number of anilines is 3. The molecule has 0 aliphatic rings. The standard InChI is InChI=1S/C48H31NOS/c1-3-12-32(13-4-1)33-22-26-36(27-23-33)49(37-28-24-35(25-29-37)38-18-11-20-44-46(38)42-17-7-9-19-43(42)50-44)47-39(34-14-5-2-6-15-34)30-31-41-40-16-8-10-21-45(40)51-48(41)47/h1-31H/i7D,9D,11D,17D,18D,19D,20D. The van der Waals surface area contributed by atoms with Crippen molar-refractivity contribution >= 4 is 70.5 Å². The molecule has 3 heteroatoms. The third-order valence-electron chi connectivity index (χ3n) is 9.42. The van der Waals surface area contributed by atoms with Crippen molar-refractivity contribution in [3.8, 4) is 33.4 Å². The molecule has 0 atom stereocenters. The fourth-order valence-corrected chi connectivity index (χ4v) is 8.28. The highest BCUT2D eigenvalue weighted by Gasteiger charge is 2.23. The van der Waals surface area contributed by atoms with E-state index in [1.54, 1.807) is 11.3 Å². The highest BCUT2D eigenvalue weighted by atomic mass is 32.1. The Morgan fingerprint density at radius 1 is 0.451 bits per heavy atom. The van der Waals surface area contributed by atoms with Gasteiger partial charge in [0.05, 0.1) is 20.0 Å². The van der Waals surface area contributed by atoms with Gasteiger partial charge >= 0.3 is 0 Å².